The van der Waals surface area contributed by atoms with Gasteiger partial charge < -0.3 is 24.6 Å². The summed E-state index contributed by atoms with van der Waals surface area (Å²) < 4.78 is 64.9. The summed E-state index contributed by atoms with van der Waals surface area (Å²) in [6, 6.07) is 5.30. The molecule has 1 aliphatic rings. The van der Waals surface area contributed by atoms with Gasteiger partial charge in [-0.05, 0) is 63.5 Å². The van der Waals surface area contributed by atoms with Gasteiger partial charge in [0, 0.05) is 37.7 Å². The number of hydrogen-bond donors (Lipinski definition) is 1. The van der Waals surface area contributed by atoms with Crippen LogP contribution >= 0.6 is 0 Å². The number of aromatic nitrogens is 9. The average molecular weight is 673 g/mol. The standard InChI is InChI=1S/C29H32F4N12O3/c1-41(2)9-10-42(3)17-11-18(12-17)45-38-24(37-40-45)16-43-15-22(36-27(46)21-14-35-44-8-4-7-34-26(21)44)25(39-43)20-13-19(47-28(30)31)5-6-23(20)48-29(32)33/h4-8,13-15,17-18,28-29H,9-12,16H2,1-3H3,(H,36,46)/t17-,18+. The van der Waals surface area contributed by atoms with Crippen LogP contribution in [0.15, 0.2) is 49.1 Å². The van der Waals surface area contributed by atoms with Crippen LogP contribution < -0.4 is 14.8 Å². The minimum absolute atomic E-state index is 0.0156. The Labute approximate surface area is 271 Å². The highest BCUT2D eigenvalue weighted by molar-refractivity contribution is 6.09. The molecule has 0 unspecified atom stereocenters. The van der Waals surface area contributed by atoms with E-state index in [0.717, 1.165) is 44.1 Å². The number of benzene rings is 1. The van der Waals surface area contributed by atoms with Gasteiger partial charge in [-0.25, -0.2) is 9.50 Å². The van der Waals surface area contributed by atoms with Gasteiger partial charge in [-0.1, -0.05) is 0 Å². The van der Waals surface area contributed by atoms with E-state index in [0.29, 0.717) is 11.9 Å². The van der Waals surface area contributed by atoms with Crippen molar-refractivity contribution >= 4 is 17.2 Å². The molecule has 4 heterocycles. The molecule has 1 aromatic carbocycles. The Morgan fingerprint density at radius 3 is 2.62 bits per heavy atom. The van der Waals surface area contributed by atoms with Crippen LogP contribution in [0.5, 0.6) is 11.5 Å². The third-order valence-corrected chi connectivity index (χ3v) is 7.89. The van der Waals surface area contributed by atoms with E-state index in [4.69, 9.17) is 0 Å². The molecule has 0 saturated heterocycles. The SMILES string of the molecule is CN(C)CCN(C)[C@H]1C[C@@H](n2nnc(Cn3cc(NC(=O)c4cnn5cccnc45)c(-c4cc(OC(F)F)ccc4OC(F)F)n3)n2)C1. The second-order valence-electron chi connectivity index (χ2n) is 11.5. The van der Waals surface area contributed by atoms with Crippen molar-refractivity contribution in [1.29, 1.82) is 0 Å². The first-order valence-corrected chi connectivity index (χ1v) is 14.9. The number of fused-ring (bicyclic) bond motifs is 1. The molecule has 0 spiro atoms. The van der Waals surface area contributed by atoms with Gasteiger partial charge in [-0.3, -0.25) is 9.48 Å². The number of anilines is 1. The molecular formula is C29H32F4N12O3. The van der Waals surface area contributed by atoms with Gasteiger partial charge in [0.15, 0.2) is 11.5 Å². The quantitative estimate of drug-likeness (QED) is 0.174. The average Bonchev–Trinajstić information content (AvgIpc) is 3.75. The maximum Gasteiger partial charge on any atom is 0.387 e. The number of tetrazole rings is 1. The van der Waals surface area contributed by atoms with Crippen molar-refractivity contribution in [3.8, 4) is 22.8 Å². The number of rotatable bonds is 14. The summed E-state index contributed by atoms with van der Waals surface area (Å²) in [6.07, 6.45) is 7.58. The van der Waals surface area contributed by atoms with E-state index in [1.807, 2.05) is 14.1 Å². The lowest BCUT2D eigenvalue weighted by Crippen LogP contribution is -2.46. The van der Waals surface area contributed by atoms with Crippen molar-refractivity contribution in [3.05, 3.63) is 60.4 Å². The molecule has 48 heavy (non-hydrogen) atoms. The molecule has 6 rings (SSSR count). The van der Waals surface area contributed by atoms with Crippen LogP contribution in [0.25, 0.3) is 16.9 Å². The Morgan fingerprint density at radius 2 is 1.88 bits per heavy atom. The smallest absolute Gasteiger partial charge is 0.387 e. The van der Waals surface area contributed by atoms with Gasteiger partial charge in [0.2, 0.25) is 0 Å². The highest BCUT2D eigenvalue weighted by Gasteiger charge is 2.35. The van der Waals surface area contributed by atoms with Gasteiger partial charge in [-0.2, -0.15) is 32.6 Å². The molecule has 4 aromatic heterocycles. The monoisotopic (exact) mass is 672 g/mol. The summed E-state index contributed by atoms with van der Waals surface area (Å²) in [5.41, 5.74) is 0.206. The summed E-state index contributed by atoms with van der Waals surface area (Å²) in [4.78, 5) is 23.6. The van der Waals surface area contributed by atoms with E-state index in [1.54, 1.807) is 17.1 Å². The molecule has 1 N–H and O–H groups in total. The number of hydrogen-bond acceptors (Lipinski definition) is 11. The van der Waals surface area contributed by atoms with Gasteiger partial charge in [0.05, 0.1) is 23.5 Å². The zero-order valence-electron chi connectivity index (χ0n) is 26.1. The lowest BCUT2D eigenvalue weighted by molar-refractivity contribution is -0.0526. The maximum atomic E-state index is 13.4. The molecule has 1 amide bonds. The van der Waals surface area contributed by atoms with Gasteiger partial charge >= 0.3 is 13.2 Å². The van der Waals surface area contributed by atoms with Crippen molar-refractivity contribution in [2.75, 3.05) is 39.5 Å². The first kappa shape index (κ1) is 32.8. The normalized spacial score (nSPS) is 16.3. The number of halogens is 4. The third-order valence-electron chi connectivity index (χ3n) is 7.89. The van der Waals surface area contributed by atoms with Crippen LogP contribution in [-0.4, -0.2) is 114 Å². The van der Waals surface area contributed by atoms with Crippen LogP contribution in [0.3, 0.4) is 0 Å². The predicted molar refractivity (Wildman–Crippen MR) is 162 cm³/mol. The number of nitrogens with zero attached hydrogens (tertiary/aromatic N) is 11. The zero-order chi connectivity index (χ0) is 33.9. The van der Waals surface area contributed by atoms with Gasteiger partial charge in [-0.15, -0.1) is 10.2 Å². The lowest BCUT2D eigenvalue weighted by Gasteiger charge is -2.40. The van der Waals surface area contributed by atoms with E-state index in [1.165, 1.54) is 27.8 Å². The topological polar surface area (TPSA) is 146 Å². The van der Waals surface area contributed by atoms with Crippen LogP contribution in [0.2, 0.25) is 0 Å². The van der Waals surface area contributed by atoms with E-state index in [9.17, 15) is 22.4 Å². The Bertz CT molecular complexity index is 1870. The molecular weight excluding hydrogens is 640 g/mol. The molecule has 15 nitrogen and oxygen atoms in total. The minimum atomic E-state index is -3.24. The molecule has 254 valence electrons. The van der Waals surface area contributed by atoms with Crippen molar-refractivity contribution in [2.24, 2.45) is 0 Å². The molecule has 1 aliphatic carbocycles. The first-order valence-electron chi connectivity index (χ1n) is 14.9. The summed E-state index contributed by atoms with van der Waals surface area (Å²) in [5.74, 6) is -1.06. The van der Waals surface area contributed by atoms with Crippen LogP contribution in [0, 0.1) is 0 Å². The fraction of sp³-hybridized carbons (Fsp3) is 0.414. The zero-order valence-corrected chi connectivity index (χ0v) is 26.1. The predicted octanol–water partition coefficient (Wildman–Crippen LogP) is 3.28. The second kappa shape index (κ2) is 13.9. The maximum absolute atomic E-state index is 13.4. The molecule has 19 heteroatoms. The summed E-state index contributed by atoms with van der Waals surface area (Å²) in [7, 11) is 6.16. The van der Waals surface area contributed by atoms with Crippen LogP contribution in [0.4, 0.5) is 23.2 Å². The Kier molecular flexibility index (Phi) is 9.49. The van der Waals surface area contributed by atoms with Crippen LogP contribution in [-0.2, 0) is 6.54 Å². The largest absolute Gasteiger partial charge is 0.435 e. The van der Waals surface area contributed by atoms with Gasteiger partial charge in [0.1, 0.15) is 29.3 Å². The summed E-state index contributed by atoms with van der Waals surface area (Å²) in [6.45, 7) is -4.55. The second-order valence-corrected chi connectivity index (χ2v) is 11.5. The highest BCUT2D eigenvalue weighted by atomic mass is 19.3. The Morgan fingerprint density at radius 1 is 1.08 bits per heavy atom. The lowest BCUT2D eigenvalue weighted by atomic mass is 9.86. The Balaban J connectivity index is 1.28. The number of amides is 1. The minimum Gasteiger partial charge on any atom is -0.435 e. The first-order chi connectivity index (χ1) is 23.0. The molecule has 0 bridgehead atoms. The number of carbonyl (C=O) groups excluding carboxylic acids is 1. The van der Waals surface area contributed by atoms with Crippen molar-refractivity contribution in [1.82, 2.24) is 54.4 Å². The van der Waals surface area contributed by atoms with E-state index in [2.05, 4.69) is 62.2 Å². The number of alkyl halides is 4. The van der Waals surface area contributed by atoms with Crippen molar-refractivity contribution < 1.29 is 31.8 Å². The fourth-order valence-electron chi connectivity index (χ4n) is 5.31. The molecule has 0 radical (unpaired) electrons. The molecule has 1 fully saturated rings. The third kappa shape index (κ3) is 7.36. The van der Waals surface area contributed by atoms with E-state index in [-0.39, 0.29) is 52.2 Å². The van der Waals surface area contributed by atoms with Crippen molar-refractivity contribution in [2.45, 2.75) is 44.7 Å². The Hall–Kier alpha value is -5.17. The molecule has 5 aromatic rings. The van der Waals surface area contributed by atoms with Crippen LogP contribution in [0.1, 0.15) is 35.1 Å². The van der Waals surface area contributed by atoms with Gasteiger partial charge in [0.25, 0.3) is 5.91 Å². The highest BCUT2D eigenvalue weighted by Crippen LogP contribution is 2.38. The summed E-state index contributed by atoms with van der Waals surface area (Å²) in [5, 5.41) is 24.2. The van der Waals surface area contributed by atoms with E-state index < -0.39 is 19.1 Å². The fourth-order valence-corrected chi connectivity index (χ4v) is 5.31. The van der Waals surface area contributed by atoms with E-state index >= 15 is 0 Å². The summed E-state index contributed by atoms with van der Waals surface area (Å²) >= 11 is 0. The number of ether oxygens (including phenoxy) is 2. The molecule has 1 saturated carbocycles. The van der Waals surface area contributed by atoms with Crippen molar-refractivity contribution in [3.63, 3.8) is 0 Å². The number of likely N-dealkylation sites (N-methyl/N-ethyl adjacent to an activating group) is 2. The molecule has 0 aliphatic heterocycles. The molecule has 0 atom stereocenters. The number of nitrogens with one attached hydrogen (secondary N) is 1. The number of carbonyl (C=O) groups is 1.